The summed E-state index contributed by atoms with van der Waals surface area (Å²) in [6, 6.07) is 9.85. The molecule has 0 aromatic heterocycles. The van der Waals surface area contributed by atoms with E-state index in [0.717, 1.165) is 10.6 Å². The standard InChI is InChI=1S/C23H36N2O5S/c1-9-18(31-15-17-13-11-10-12-14-17)23(8,16-26)25(20(28)30-22(5,6)7)24-19(27)29-21(2,3)4/h10-14,16,18H,9,15H2,1-8H3,(H,24,27)/t18-,23+/m0/s1. The third kappa shape index (κ3) is 8.81. The molecule has 0 spiro atoms. The highest BCUT2D eigenvalue weighted by Gasteiger charge is 2.45. The second-order valence-electron chi connectivity index (χ2n) is 9.47. The summed E-state index contributed by atoms with van der Waals surface area (Å²) < 4.78 is 10.8. The fourth-order valence-corrected chi connectivity index (χ4v) is 4.13. The molecule has 0 unspecified atom stereocenters. The smallest absolute Gasteiger partial charge is 0.430 e. The molecule has 0 bridgehead atoms. The summed E-state index contributed by atoms with van der Waals surface area (Å²) in [4.78, 5) is 37.9. The maximum absolute atomic E-state index is 13.0. The van der Waals surface area contributed by atoms with Crippen molar-refractivity contribution in [3.05, 3.63) is 35.9 Å². The van der Waals surface area contributed by atoms with Gasteiger partial charge in [-0.15, -0.1) is 0 Å². The predicted octanol–water partition coefficient (Wildman–Crippen LogP) is 5.33. The average Bonchev–Trinajstić information content (AvgIpc) is 2.64. The number of carbonyl (C=O) groups is 3. The zero-order valence-electron chi connectivity index (χ0n) is 19.9. The molecule has 0 fully saturated rings. The summed E-state index contributed by atoms with van der Waals surface area (Å²) in [6.45, 7) is 13.9. The van der Waals surface area contributed by atoms with Crippen LogP contribution in [-0.4, -0.2) is 45.5 Å². The number of nitrogens with zero attached hydrogens (tertiary/aromatic N) is 1. The topological polar surface area (TPSA) is 84.9 Å². The zero-order valence-corrected chi connectivity index (χ0v) is 20.7. The van der Waals surface area contributed by atoms with E-state index < -0.39 is 28.9 Å². The van der Waals surface area contributed by atoms with E-state index in [2.05, 4.69) is 5.43 Å². The number of hydrazine groups is 1. The Kier molecular flexibility index (Phi) is 9.42. The molecule has 0 aliphatic carbocycles. The predicted molar refractivity (Wildman–Crippen MR) is 124 cm³/mol. The molecule has 174 valence electrons. The molecule has 7 nitrogen and oxygen atoms in total. The van der Waals surface area contributed by atoms with Crippen molar-refractivity contribution in [3.8, 4) is 0 Å². The van der Waals surface area contributed by atoms with Crippen LogP contribution in [0.3, 0.4) is 0 Å². The van der Waals surface area contributed by atoms with E-state index in [0.29, 0.717) is 18.5 Å². The van der Waals surface area contributed by atoms with Crippen LogP contribution in [-0.2, 0) is 20.0 Å². The molecule has 2 amide bonds. The molecule has 1 N–H and O–H groups in total. The molecule has 2 atom stereocenters. The molecule has 8 heteroatoms. The fourth-order valence-electron chi connectivity index (χ4n) is 2.81. The maximum Gasteiger partial charge on any atom is 0.430 e. The van der Waals surface area contributed by atoms with Crippen LogP contribution in [0.2, 0.25) is 0 Å². The van der Waals surface area contributed by atoms with Gasteiger partial charge in [0.05, 0.1) is 0 Å². The highest BCUT2D eigenvalue weighted by molar-refractivity contribution is 7.99. The van der Waals surface area contributed by atoms with Gasteiger partial charge in [0.25, 0.3) is 0 Å². The Hall–Kier alpha value is -2.22. The van der Waals surface area contributed by atoms with E-state index in [4.69, 9.17) is 9.47 Å². The lowest BCUT2D eigenvalue weighted by atomic mass is 9.96. The molecule has 31 heavy (non-hydrogen) atoms. The van der Waals surface area contributed by atoms with Gasteiger partial charge in [-0.25, -0.2) is 20.0 Å². The van der Waals surface area contributed by atoms with Crippen LogP contribution in [0.1, 0.15) is 67.4 Å². The number of ether oxygens (including phenoxy) is 2. The lowest BCUT2D eigenvalue weighted by Gasteiger charge is -2.42. The summed E-state index contributed by atoms with van der Waals surface area (Å²) >= 11 is 1.54. The van der Waals surface area contributed by atoms with Crippen LogP contribution in [0.15, 0.2) is 30.3 Å². The van der Waals surface area contributed by atoms with Crippen molar-refractivity contribution in [3.63, 3.8) is 0 Å². The van der Waals surface area contributed by atoms with Crippen LogP contribution in [0.4, 0.5) is 9.59 Å². The lowest BCUT2D eigenvalue weighted by molar-refractivity contribution is -0.119. The molecule has 0 aliphatic rings. The van der Waals surface area contributed by atoms with E-state index >= 15 is 0 Å². The average molecular weight is 453 g/mol. The first kappa shape index (κ1) is 26.8. The van der Waals surface area contributed by atoms with Crippen molar-refractivity contribution in [2.45, 2.75) is 89.6 Å². The van der Waals surface area contributed by atoms with Gasteiger partial charge >= 0.3 is 12.2 Å². The number of aldehydes is 1. The number of hydrogen-bond donors (Lipinski definition) is 1. The van der Waals surface area contributed by atoms with E-state index in [1.807, 2.05) is 37.3 Å². The molecule has 0 radical (unpaired) electrons. The van der Waals surface area contributed by atoms with Gasteiger partial charge in [-0.3, -0.25) is 0 Å². The molecular weight excluding hydrogens is 416 g/mol. The number of amides is 2. The molecule has 0 aliphatic heterocycles. The minimum Gasteiger partial charge on any atom is -0.443 e. The van der Waals surface area contributed by atoms with Crippen molar-refractivity contribution < 1.29 is 23.9 Å². The maximum atomic E-state index is 13.0. The van der Waals surface area contributed by atoms with Gasteiger partial charge in [0, 0.05) is 11.0 Å². The van der Waals surface area contributed by atoms with Crippen molar-refractivity contribution in [2.24, 2.45) is 0 Å². The SMILES string of the molecule is CC[C@H](SCc1ccccc1)[C@@](C)(C=O)N(NC(=O)OC(C)(C)C)C(=O)OC(C)(C)C. The number of rotatable bonds is 7. The Morgan fingerprint density at radius 3 is 2.03 bits per heavy atom. The van der Waals surface area contributed by atoms with Gasteiger partial charge in [-0.05, 0) is 60.5 Å². The lowest BCUT2D eigenvalue weighted by Crippen LogP contribution is -2.64. The third-order valence-electron chi connectivity index (χ3n) is 4.22. The molecule has 1 aromatic carbocycles. The normalized spacial score (nSPS) is 14.7. The van der Waals surface area contributed by atoms with Crippen molar-refractivity contribution in [2.75, 3.05) is 0 Å². The van der Waals surface area contributed by atoms with Crippen molar-refractivity contribution in [1.29, 1.82) is 0 Å². The Balaban J connectivity index is 3.21. The zero-order chi connectivity index (χ0) is 23.9. The molecule has 0 heterocycles. The summed E-state index contributed by atoms with van der Waals surface area (Å²) in [5, 5.41) is 0.651. The van der Waals surface area contributed by atoms with Gasteiger partial charge in [0.1, 0.15) is 23.0 Å². The van der Waals surface area contributed by atoms with Crippen LogP contribution in [0.5, 0.6) is 0 Å². The second-order valence-corrected chi connectivity index (χ2v) is 10.7. The van der Waals surface area contributed by atoms with Crippen molar-refractivity contribution in [1.82, 2.24) is 10.4 Å². The summed E-state index contributed by atoms with van der Waals surface area (Å²) in [6.07, 6.45) is -0.399. The summed E-state index contributed by atoms with van der Waals surface area (Å²) in [5.74, 6) is 0.650. The van der Waals surface area contributed by atoms with E-state index in [-0.39, 0.29) is 5.25 Å². The fraction of sp³-hybridized carbons (Fsp3) is 0.609. The quantitative estimate of drug-likeness (QED) is 0.444. The Labute approximate surface area is 190 Å². The van der Waals surface area contributed by atoms with Gasteiger partial charge in [-0.2, -0.15) is 11.8 Å². The van der Waals surface area contributed by atoms with Crippen LogP contribution < -0.4 is 5.43 Å². The molecule has 0 saturated carbocycles. The number of benzene rings is 1. The Bertz CT molecular complexity index is 743. The van der Waals surface area contributed by atoms with Gasteiger partial charge in [-0.1, -0.05) is 37.3 Å². The first-order chi connectivity index (χ1) is 14.2. The Morgan fingerprint density at radius 2 is 1.58 bits per heavy atom. The van der Waals surface area contributed by atoms with Crippen molar-refractivity contribution >= 4 is 30.2 Å². The van der Waals surface area contributed by atoms with E-state index in [9.17, 15) is 14.4 Å². The minimum atomic E-state index is -1.37. The number of hydrogen-bond acceptors (Lipinski definition) is 6. The largest absolute Gasteiger partial charge is 0.443 e. The number of carbonyl (C=O) groups excluding carboxylic acids is 3. The first-order valence-electron chi connectivity index (χ1n) is 10.4. The van der Waals surface area contributed by atoms with E-state index in [1.54, 1.807) is 48.5 Å². The molecule has 1 aromatic rings. The third-order valence-corrected chi connectivity index (χ3v) is 5.93. The summed E-state index contributed by atoms with van der Waals surface area (Å²) in [7, 11) is 0. The Morgan fingerprint density at radius 1 is 1.03 bits per heavy atom. The highest BCUT2D eigenvalue weighted by Crippen LogP contribution is 2.33. The second kappa shape index (κ2) is 10.9. The van der Waals surface area contributed by atoms with E-state index in [1.165, 1.54) is 11.8 Å². The molecule has 1 rings (SSSR count). The van der Waals surface area contributed by atoms with Crippen LogP contribution >= 0.6 is 11.8 Å². The number of nitrogens with one attached hydrogen (secondary N) is 1. The monoisotopic (exact) mass is 452 g/mol. The van der Waals surface area contributed by atoms with Crippen LogP contribution in [0, 0.1) is 0 Å². The van der Waals surface area contributed by atoms with Gasteiger partial charge in [0.15, 0.2) is 0 Å². The summed E-state index contributed by atoms with van der Waals surface area (Å²) in [5.41, 5.74) is 0.604. The molecule has 0 saturated heterocycles. The minimum absolute atomic E-state index is 0.312. The van der Waals surface area contributed by atoms with Gasteiger partial charge in [0.2, 0.25) is 0 Å². The first-order valence-corrected chi connectivity index (χ1v) is 11.4. The van der Waals surface area contributed by atoms with Crippen LogP contribution in [0.25, 0.3) is 0 Å². The van der Waals surface area contributed by atoms with Gasteiger partial charge < -0.3 is 14.3 Å². The highest BCUT2D eigenvalue weighted by atomic mass is 32.2. The number of thioether (sulfide) groups is 1. The molecular formula is C23H36N2O5S.